The predicted octanol–water partition coefficient (Wildman–Crippen LogP) is 6.81. The molecule has 0 aliphatic heterocycles. The van der Waals surface area contributed by atoms with E-state index in [9.17, 15) is 10.0 Å². The maximum absolute atomic E-state index is 11.1. The summed E-state index contributed by atoms with van der Waals surface area (Å²) in [6.45, 7) is 2.07. The van der Waals surface area contributed by atoms with Crippen molar-refractivity contribution in [3.05, 3.63) is 124 Å². The zero-order chi connectivity index (χ0) is 24.1. The number of carbonyl (C=O) groups is 1. The Kier molecular flexibility index (Phi) is 7.04. The van der Waals surface area contributed by atoms with Crippen molar-refractivity contribution in [2.75, 3.05) is 0 Å². The molecule has 0 radical (unpaired) electrons. The molecule has 2 N–H and O–H groups in total. The van der Waals surface area contributed by atoms with Crippen molar-refractivity contribution in [2.24, 2.45) is 5.16 Å². The Bertz CT molecular complexity index is 1330. The monoisotopic (exact) mass is 470 g/mol. The number of carboxylic acids is 1. The minimum Gasteiger partial charge on any atom is -0.478 e. The molecule has 0 saturated heterocycles. The van der Waals surface area contributed by atoms with Gasteiger partial charge in [-0.15, -0.1) is 0 Å². The Hall–Kier alpha value is -3.96. The van der Waals surface area contributed by atoms with Gasteiger partial charge in [0.25, 0.3) is 0 Å². The number of aromatic carboxylic acids is 1. The molecule has 0 aliphatic carbocycles. The first-order chi connectivity index (χ1) is 16.5. The van der Waals surface area contributed by atoms with E-state index in [0.717, 1.165) is 33.4 Å². The molecule has 1 aromatic heterocycles. The summed E-state index contributed by atoms with van der Waals surface area (Å²) in [6, 6.07) is 26.6. The predicted molar refractivity (Wildman–Crippen MR) is 134 cm³/mol. The molecule has 0 aliphatic rings. The summed E-state index contributed by atoms with van der Waals surface area (Å²) in [5, 5.41) is 22.9. The highest BCUT2D eigenvalue weighted by Gasteiger charge is 2.20. The van der Waals surface area contributed by atoms with E-state index in [1.54, 1.807) is 42.6 Å². The highest BCUT2D eigenvalue weighted by molar-refractivity contribution is 6.29. The van der Waals surface area contributed by atoms with Crippen molar-refractivity contribution in [2.45, 2.75) is 19.3 Å². The number of hydrogen-bond donors (Lipinski definition) is 2. The molecule has 1 unspecified atom stereocenters. The van der Waals surface area contributed by atoms with Gasteiger partial charge >= 0.3 is 5.97 Å². The first kappa shape index (κ1) is 23.2. The number of pyridine rings is 1. The molecule has 0 amide bonds. The lowest BCUT2D eigenvalue weighted by Gasteiger charge is -2.21. The second-order valence-electron chi connectivity index (χ2n) is 8.03. The van der Waals surface area contributed by atoms with Crippen LogP contribution in [0.25, 0.3) is 11.1 Å². The van der Waals surface area contributed by atoms with Crippen LogP contribution in [0.5, 0.6) is 0 Å². The number of nitrogens with zero attached hydrogens (tertiary/aromatic N) is 2. The van der Waals surface area contributed by atoms with Gasteiger partial charge in [0, 0.05) is 24.1 Å². The summed E-state index contributed by atoms with van der Waals surface area (Å²) in [6.07, 6.45) is 2.06. The second-order valence-corrected chi connectivity index (χ2v) is 8.42. The van der Waals surface area contributed by atoms with E-state index in [0.29, 0.717) is 17.3 Å². The van der Waals surface area contributed by atoms with Crippen molar-refractivity contribution in [3.8, 4) is 11.1 Å². The van der Waals surface area contributed by atoms with Gasteiger partial charge in [-0.1, -0.05) is 77.4 Å². The molecule has 1 atom stereocenters. The van der Waals surface area contributed by atoms with Crippen LogP contribution in [0.15, 0.2) is 96.3 Å². The Morgan fingerprint density at radius 1 is 0.941 bits per heavy atom. The summed E-state index contributed by atoms with van der Waals surface area (Å²) >= 11 is 6.06. The number of aryl methyl sites for hydroxylation is 1. The van der Waals surface area contributed by atoms with Crippen molar-refractivity contribution in [1.82, 2.24) is 4.98 Å². The summed E-state index contributed by atoms with van der Waals surface area (Å²) < 4.78 is 0. The molecule has 0 bridgehead atoms. The fourth-order valence-electron chi connectivity index (χ4n) is 4.09. The maximum Gasteiger partial charge on any atom is 0.335 e. The van der Waals surface area contributed by atoms with E-state index < -0.39 is 5.97 Å². The fourth-order valence-corrected chi connectivity index (χ4v) is 4.26. The number of aromatic nitrogens is 1. The summed E-state index contributed by atoms with van der Waals surface area (Å²) in [5.74, 6) is -0.998. The van der Waals surface area contributed by atoms with Crippen LogP contribution in [0.2, 0.25) is 5.15 Å². The minimum atomic E-state index is -0.945. The van der Waals surface area contributed by atoms with Gasteiger partial charge in [0.2, 0.25) is 0 Å². The average Bonchev–Trinajstić information content (AvgIpc) is 2.86. The van der Waals surface area contributed by atoms with Crippen molar-refractivity contribution in [3.63, 3.8) is 0 Å². The van der Waals surface area contributed by atoms with Crippen LogP contribution in [0.4, 0.5) is 0 Å². The number of rotatable bonds is 7. The number of halogens is 1. The van der Waals surface area contributed by atoms with Gasteiger partial charge in [-0.05, 0) is 59.0 Å². The second kappa shape index (κ2) is 10.3. The molecular weight excluding hydrogens is 448 g/mol. The zero-order valence-corrected chi connectivity index (χ0v) is 19.3. The third-order valence-corrected chi connectivity index (χ3v) is 6.13. The van der Waals surface area contributed by atoms with E-state index in [1.807, 2.05) is 24.3 Å². The van der Waals surface area contributed by atoms with E-state index in [-0.39, 0.29) is 11.5 Å². The molecule has 170 valence electrons. The van der Waals surface area contributed by atoms with Crippen molar-refractivity contribution >= 4 is 23.3 Å². The van der Waals surface area contributed by atoms with Gasteiger partial charge in [0.15, 0.2) is 0 Å². The third kappa shape index (κ3) is 5.16. The summed E-state index contributed by atoms with van der Waals surface area (Å²) in [4.78, 5) is 15.1. The van der Waals surface area contributed by atoms with E-state index in [2.05, 4.69) is 41.3 Å². The lowest BCUT2D eigenvalue weighted by molar-refractivity contribution is 0.0697. The molecule has 3 aromatic carbocycles. The normalized spacial score (nSPS) is 12.4. The van der Waals surface area contributed by atoms with Crippen LogP contribution < -0.4 is 0 Å². The largest absolute Gasteiger partial charge is 0.478 e. The number of carboxylic acid groups (broad SMARTS) is 1. The van der Waals surface area contributed by atoms with Gasteiger partial charge in [0.1, 0.15) is 5.15 Å². The van der Waals surface area contributed by atoms with Crippen LogP contribution in [0.3, 0.4) is 0 Å². The highest BCUT2D eigenvalue weighted by atomic mass is 35.5. The van der Waals surface area contributed by atoms with Gasteiger partial charge in [-0.3, -0.25) is 0 Å². The zero-order valence-electron chi connectivity index (χ0n) is 18.5. The average molecular weight is 471 g/mol. The van der Waals surface area contributed by atoms with E-state index in [4.69, 9.17) is 16.7 Å². The van der Waals surface area contributed by atoms with Gasteiger partial charge in [-0.2, -0.15) is 0 Å². The maximum atomic E-state index is 11.1. The summed E-state index contributed by atoms with van der Waals surface area (Å²) in [7, 11) is 0. The quantitative estimate of drug-likeness (QED) is 0.134. The van der Waals surface area contributed by atoms with Crippen LogP contribution in [-0.2, 0) is 0 Å². The molecule has 6 heteroatoms. The Morgan fingerprint density at radius 2 is 1.59 bits per heavy atom. The molecule has 4 aromatic rings. The minimum absolute atomic E-state index is 0.0533. The number of oxime groups is 1. The Balaban J connectivity index is 1.69. The van der Waals surface area contributed by atoms with Crippen molar-refractivity contribution in [1.29, 1.82) is 0 Å². The smallest absolute Gasteiger partial charge is 0.335 e. The van der Waals surface area contributed by atoms with Crippen LogP contribution >= 0.6 is 11.6 Å². The molecule has 0 spiro atoms. The molecule has 4 rings (SSSR count). The van der Waals surface area contributed by atoms with Gasteiger partial charge < -0.3 is 10.3 Å². The molecule has 34 heavy (non-hydrogen) atoms. The lowest BCUT2D eigenvalue weighted by Crippen LogP contribution is -2.12. The molecule has 5 nitrogen and oxygen atoms in total. The first-order valence-electron chi connectivity index (χ1n) is 10.8. The van der Waals surface area contributed by atoms with Gasteiger partial charge in [0.05, 0.1) is 11.3 Å². The molecule has 1 heterocycles. The lowest BCUT2D eigenvalue weighted by atomic mass is 9.83. The molecular formula is C28H23ClN2O3. The molecule has 0 saturated carbocycles. The Morgan fingerprint density at radius 3 is 2.18 bits per heavy atom. The molecule has 0 fully saturated rings. The third-order valence-electron chi connectivity index (χ3n) is 5.92. The highest BCUT2D eigenvalue weighted by Crippen LogP contribution is 2.33. The summed E-state index contributed by atoms with van der Waals surface area (Å²) in [5.41, 5.74) is 6.78. The van der Waals surface area contributed by atoms with Crippen LogP contribution in [0.1, 0.15) is 45.0 Å². The first-order valence-corrected chi connectivity index (χ1v) is 11.2. The number of benzene rings is 3. The van der Waals surface area contributed by atoms with Crippen LogP contribution in [-0.4, -0.2) is 27.0 Å². The number of hydrogen-bond acceptors (Lipinski definition) is 4. The SMILES string of the molecule is Cc1ccccc1C(CC(=NO)c1ccnc(Cl)c1)c1ccc(-c2ccc(C(=O)O)cc2)cc1. The Labute approximate surface area is 203 Å². The van der Waals surface area contributed by atoms with Crippen molar-refractivity contribution < 1.29 is 15.1 Å². The topological polar surface area (TPSA) is 82.8 Å². The van der Waals surface area contributed by atoms with E-state index >= 15 is 0 Å². The fraction of sp³-hybridized carbons (Fsp3) is 0.107. The van der Waals surface area contributed by atoms with Gasteiger partial charge in [-0.25, -0.2) is 9.78 Å². The van der Waals surface area contributed by atoms with E-state index in [1.165, 1.54) is 0 Å². The van der Waals surface area contributed by atoms with Crippen LogP contribution in [0, 0.1) is 6.92 Å². The standard InChI is InChI=1S/C28H23ClN2O3/c1-18-4-2-3-5-24(18)25(17-26(31-34)23-14-15-30-27(29)16-23)21-10-6-19(7-11-21)20-8-12-22(13-9-20)28(32)33/h2-16,25,34H,17H2,1H3,(H,32,33).